The standard InChI is InChI=1S/C10H7ClF3NO/c11-8-2-1-6(7-3-5(7)4-16)9(15-8)10(12,13)14/h1-2,4-5,7H,3H2. The zero-order valence-corrected chi connectivity index (χ0v) is 8.72. The number of aromatic nitrogens is 1. The van der Waals surface area contributed by atoms with Gasteiger partial charge in [-0.25, -0.2) is 4.98 Å². The molecule has 2 unspecified atom stereocenters. The van der Waals surface area contributed by atoms with Gasteiger partial charge in [0.2, 0.25) is 0 Å². The number of halogens is 4. The molecule has 16 heavy (non-hydrogen) atoms. The van der Waals surface area contributed by atoms with Gasteiger partial charge in [-0.1, -0.05) is 17.7 Å². The smallest absolute Gasteiger partial charge is 0.303 e. The van der Waals surface area contributed by atoms with Crippen LogP contribution in [0.25, 0.3) is 0 Å². The van der Waals surface area contributed by atoms with Gasteiger partial charge in [0.05, 0.1) is 0 Å². The number of nitrogens with zero attached hydrogens (tertiary/aromatic N) is 1. The van der Waals surface area contributed by atoms with E-state index < -0.39 is 11.9 Å². The number of rotatable bonds is 2. The molecule has 1 aliphatic carbocycles. The Kier molecular flexibility index (Phi) is 2.66. The summed E-state index contributed by atoms with van der Waals surface area (Å²) in [7, 11) is 0. The molecule has 0 saturated heterocycles. The van der Waals surface area contributed by atoms with Gasteiger partial charge >= 0.3 is 6.18 Å². The summed E-state index contributed by atoms with van der Waals surface area (Å²) in [6, 6.07) is 2.61. The second-order valence-corrected chi connectivity index (χ2v) is 4.10. The van der Waals surface area contributed by atoms with E-state index >= 15 is 0 Å². The largest absolute Gasteiger partial charge is 0.433 e. The number of hydrogen-bond acceptors (Lipinski definition) is 2. The second kappa shape index (κ2) is 3.73. The van der Waals surface area contributed by atoms with E-state index in [0.29, 0.717) is 12.7 Å². The molecule has 2 rings (SSSR count). The normalized spacial score (nSPS) is 24.2. The lowest BCUT2D eigenvalue weighted by atomic mass is 10.1. The van der Waals surface area contributed by atoms with Crippen molar-refractivity contribution >= 4 is 17.9 Å². The van der Waals surface area contributed by atoms with Crippen molar-refractivity contribution in [3.63, 3.8) is 0 Å². The Bertz CT molecular complexity index is 433. The Balaban J connectivity index is 2.42. The number of carbonyl (C=O) groups excluding carboxylic acids is 1. The van der Waals surface area contributed by atoms with E-state index in [4.69, 9.17) is 11.6 Å². The summed E-state index contributed by atoms with van der Waals surface area (Å²) in [6.07, 6.45) is -3.40. The maximum atomic E-state index is 12.6. The quantitative estimate of drug-likeness (QED) is 0.596. The molecule has 0 aromatic carbocycles. The fourth-order valence-electron chi connectivity index (χ4n) is 1.70. The zero-order chi connectivity index (χ0) is 11.9. The highest BCUT2D eigenvalue weighted by atomic mass is 35.5. The minimum Gasteiger partial charge on any atom is -0.303 e. The summed E-state index contributed by atoms with van der Waals surface area (Å²) >= 11 is 5.44. The minimum absolute atomic E-state index is 0.0639. The summed E-state index contributed by atoms with van der Waals surface area (Å²) in [4.78, 5) is 13.7. The first-order valence-corrected chi connectivity index (χ1v) is 5.00. The van der Waals surface area contributed by atoms with E-state index in [2.05, 4.69) is 4.98 Å². The van der Waals surface area contributed by atoms with Crippen LogP contribution >= 0.6 is 11.6 Å². The fourth-order valence-corrected chi connectivity index (χ4v) is 1.84. The van der Waals surface area contributed by atoms with Gasteiger partial charge in [0.1, 0.15) is 17.1 Å². The predicted octanol–water partition coefficient (Wildman–Crippen LogP) is 3.06. The van der Waals surface area contributed by atoms with Gasteiger partial charge in [-0.3, -0.25) is 0 Å². The van der Waals surface area contributed by atoms with Gasteiger partial charge in [0.25, 0.3) is 0 Å². The van der Waals surface area contributed by atoms with Crippen molar-refractivity contribution in [1.29, 1.82) is 0 Å². The van der Waals surface area contributed by atoms with Crippen molar-refractivity contribution < 1.29 is 18.0 Å². The summed E-state index contributed by atoms with van der Waals surface area (Å²) in [5.74, 6) is -0.678. The summed E-state index contributed by atoms with van der Waals surface area (Å²) in [5, 5.41) is -0.195. The first-order valence-electron chi connectivity index (χ1n) is 4.62. The number of alkyl halides is 3. The Labute approximate surface area is 94.4 Å². The molecule has 1 aromatic rings. The van der Waals surface area contributed by atoms with Gasteiger partial charge in [-0.15, -0.1) is 0 Å². The third kappa shape index (κ3) is 2.04. The molecule has 1 heterocycles. The zero-order valence-electron chi connectivity index (χ0n) is 7.96. The molecule has 86 valence electrons. The topological polar surface area (TPSA) is 30.0 Å². The van der Waals surface area contributed by atoms with Crippen LogP contribution in [0.4, 0.5) is 13.2 Å². The van der Waals surface area contributed by atoms with E-state index in [1.54, 1.807) is 0 Å². The molecule has 6 heteroatoms. The van der Waals surface area contributed by atoms with Crippen LogP contribution in [0.3, 0.4) is 0 Å². The van der Waals surface area contributed by atoms with Crippen LogP contribution in [0, 0.1) is 5.92 Å². The predicted molar refractivity (Wildman–Crippen MR) is 51.2 cm³/mol. The molecule has 2 atom stereocenters. The monoisotopic (exact) mass is 249 g/mol. The highest BCUT2D eigenvalue weighted by Gasteiger charge is 2.45. The molecule has 2 nitrogen and oxygen atoms in total. The average molecular weight is 250 g/mol. The van der Waals surface area contributed by atoms with Gasteiger partial charge in [0, 0.05) is 5.92 Å². The number of aldehydes is 1. The maximum Gasteiger partial charge on any atom is 0.433 e. The molecule has 1 aliphatic rings. The molecule has 1 fully saturated rings. The fraction of sp³-hybridized carbons (Fsp3) is 0.400. The maximum absolute atomic E-state index is 12.6. The van der Waals surface area contributed by atoms with E-state index in [0.717, 1.165) is 0 Å². The molecule has 0 aliphatic heterocycles. The van der Waals surface area contributed by atoms with Gasteiger partial charge < -0.3 is 4.79 Å². The third-order valence-corrected chi connectivity index (χ3v) is 2.79. The van der Waals surface area contributed by atoms with Crippen LogP contribution in [0.1, 0.15) is 23.6 Å². The van der Waals surface area contributed by atoms with Crippen LogP contribution in [0.15, 0.2) is 12.1 Å². The molecule has 0 bridgehead atoms. The lowest BCUT2D eigenvalue weighted by molar-refractivity contribution is -0.141. The van der Waals surface area contributed by atoms with Crippen LogP contribution < -0.4 is 0 Å². The molecule has 0 amide bonds. The van der Waals surface area contributed by atoms with Crippen molar-refractivity contribution in [1.82, 2.24) is 4.98 Å². The Morgan fingerprint density at radius 3 is 2.62 bits per heavy atom. The first kappa shape index (κ1) is 11.4. The molecular formula is C10H7ClF3NO. The van der Waals surface area contributed by atoms with E-state index in [9.17, 15) is 18.0 Å². The van der Waals surface area contributed by atoms with Crippen LogP contribution in [0.2, 0.25) is 5.15 Å². The van der Waals surface area contributed by atoms with Crippen LogP contribution in [-0.4, -0.2) is 11.3 Å². The second-order valence-electron chi connectivity index (χ2n) is 3.71. The van der Waals surface area contributed by atoms with Crippen molar-refractivity contribution in [3.8, 4) is 0 Å². The number of pyridine rings is 1. The molecule has 1 saturated carbocycles. The van der Waals surface area contributed by atoms with Crippen molar-refractivity contribution in [2.75, 3.05) is 0 Å². The molecule has 1 aromatic heterocycles. The Morgan fingerprint density at radius 2 is 2.12 bits per heavy atom. The SMILES string of the molecule is O=CC1CC1c1ccc(Cl)nc1C(F)(F)F. The highest BCUT2D eigenvalue weighted by Crippen LogP contribution is 2.49. The lowest BCUT2D eigenvalue weighted by Crippen LogP contribution is -2.12. The van der Waals surface area contributed by atoms with Gasteiger partial charge in [-0.05, 0) is 24.0 Å². The van der Waals surface area contributed by atoms with E-state index in [1.165, 1.54) is 12.1 Å². The van der Waals surface area contributed by atoms with Gasteiger partial charge in [0.15, 0.2) is 0 Å². The minimum atomic E-state index is -4.53. The summed E-state index contributed by atoms with van der Waals surface area (Å²) < 4.78 is 37.9. The highest BCUT2D eigenvalue weighted by molar-refractivity contribution is 6.29. The first-order chi connectivity index (χ1) is 7.43. The Morgan fingerprint density at radius 1 is 1.44 bits per heavy atom. The van der Waals surface area contributed by atoms with Crippen molar-refractivity contribution in [2.45, 2.75) is 18.5 Å². The third-order valence-electron chi connectivity index (χ3n) is 2.58. The summed E-state index contributed by atoms with van der Waals surface area (Å²) in [5.41, 5.74) is -0.914. The van der Waals surface area contributed by atoms with Crippen molar-refractivity contribution in [3.05, 3.63) is 28.5 Å². The lowest BCUT2D eigenvalue weighted by Gasteiger charge is -2.11. The van der Waals surface area contributed by atoms with Crippen LogP contribution in [-0.2, 0) is 11.0 Å². The molecule has 0 spiro atoms. The number of hydrogen-bond donors (Lipinski definition) is 0. The van der Waals surface area contributed by atoms with Crippen LogP contribution in [0.5, 0.6) is 0 Å². The van der Waals surface area contributed by atoms with E-state index in [-0.39, 0.29) is 22.6 Å². The average Bonchev–Trinajstić information content (AvgIpc) is 2.95. The summed E-state index contributed by atoms with van der Waals surface area (Å²) in [6.45, 7) is 0. The van der Waals surface area contributed by atoms with E-state index in [1.807, 2.05) is 0 Å². The van der Waals surface area contributed by atoms with Crippen molar-refractivity contribution in [2.24, 2.45) is 5.92 Å². The molecular weight excluding hydrogens is 243 g/mol. The molecule has 0 radical (unpaired) electrons. The Hall–Kier alpha value is -1.10. The molecule has 0 N–H and O–H groups in total. The number of carbonyl (C=O) groups is 1. The van der Waals surface area contributed by atoms with Gasteiger partial charge in [-0.2, -0.15) is 13.2 Å².